The quantitative estimate of drug-likeness (QED) is 0.517. The molecule has 2 rings (SSSR count). The molecule has 0 radical (unpaired) electrons. The summed E-state index contributed by atoms with van der Waals surface area (Å²) in [6, 6.07) is 5.37. The van der Waals surface area contributed by atoms with Crippen molar-refractivity contribution in [3.8, 4) is 11.4 Å². The molecule has 0 aromatic carbocycles. The van der Waals surface area contributed by atoms with Crippen LogP contribution in [-0.2, 0) is 0 Å². The van der Waals surface area contributed by atoms with E-state index in [0.717, 1.165) is 16.0 Å². The maximum atomic E-state index is 11.7. The van der Waals surface area contributed by atoms with Crippen LogP contribution >= 0.6 is 0 Å². The van der Waals surface area contributed by atoms with Crippen molar-refractivity contribution in [2.24, 2.45) is 0 Å². The average molecular weight is 201 g/mol. The lowest BCUT2D eigenvalue weighted by atomic mass is 10.2. The fourth-order valence-electron chi connectivity index (χ4n) is 1.45. The predicted octanol–water partition coefficient (Wildman–Crippen LogP) is 1.39. The topological polar surface area (TPSA) is 52.7 Å². The highest BCUT2D eigenvalue weighted by atomic mass is 16.5. The van der Waals surface area contributed by atoms with E-state index in [2.05, 4.69) is 9.97 Å². The van der Waals surface area contributed by atoms with Gasteiger partial charge in [0.15, 0.2) is 5.69 Å². The van der Waals surface area contributed by atoms with E-state index in [1.54, 1.807) is 31.5 Å². The molecule has 0 N–H and O–H groups in total. The lowest BCUT2D eigenvalue weighted by molar-refractivity contribution is -0.603. The van der Waals surface area contributed by atoms with E-state index < -0.39 is 0 Å². The predicted molar refractivity (Wildman–Crippen MR) is 55.9 cm³/mol. The third-order valence-electron chi connectivity index (χ3n) is 2.13. The molecule has 0 aliphatic heterocycles. The second-order valence-corrected chi connectivity index (χ2v) is 3.40. The van der Waals surface area contributed by atoms with E-state index in [0.29, 0.717) is 11.5 Å². The molecule has 0 saturated heterocycles. The molecular formula is C11H11N3O. The normalized spacial score (nSPS) is 10.3. The van der Waals surface area contributed by atoms with E-state index in [1.807, 2.05) is 13.0 Å². The van der Waals surface area contributed by atoms with Gasteiger partial charge in [0.1, 0.15) is 5.69 Å². The lowest BCUT2D eigenvalue weighted by Crippen LogP contribution is -2.34. The van der Waals surface area contributed by atoms with Crippen molar-refractivity contribution in [2.75, 3.05) is 0 Å². The van der Waals surface area contributed by atoms with Crippen molar-refractivity contribution in [1.29, 1.82) is 0 Å². The summed E-state index contributed by atoms with van der Waals surface area (Å²) in [5.74, 6) is 0.403. The Morgan fingerprint density at radius 1 is 1.33 bits per heavy atom. The van der Waals surface area contributed by atoms with E-state index in [-0.39, 0.29) is 0 Å². The molecule has 0 saturated carbocycles. The Balaban J connectivity index is 2.63. The Bertz CT molecular complexity index is 483. The molecule has 2 aromatic heterocycles. The number of rotatable bonds is 1. The Hall–Kier alpha value is -1.97. The molecule has 0 amide bonds. The fraction of sp³-hybridized carbons (Fsp3) is 0.182. The van der Waals surface area contributed by atoms with Gasteiger partial charge in [-0.3, -0.25) is 4.98 Å². The molecular weight excluding hydrogens is 190 g/mol. The van der Waals surface area contributed by atoms with Gasteiger partial charge < -0.3 is 5.21 Å². The zero-order chi connectivity index (χ0) is 10.8. The number of hydrogen-bond donors (Lipinski definition) is 0. The van der Waals surface area contributed by atoms with Gasteiger partial charge in [0.05, 0.1) is 5.56 Å². The molecule has 2 aromatic rings. The van der Waals surface area contributed by atoms with Crippen molar-refractivity contribution < 1.29 is 4.73 Å². The van der Waals surface area contributed by atoms with Crippen LogP contribution in [0.3, 0.4) is 0 Å². The summed E-state index contributed by atoms with van der Waals surface area (Å²) in [7, 11) is 0. The van der Waals surface area contributed by atoms with Crippen LogP contribution in [-0.4, -0.2) is 9.97 Å². The van der Waals surface area contributed by atoms with Crippen LogP contribution in [0.1, 0.15) is 11.4 Å². The van der Waals surface area contributed by atoms with Crippen LogP contribution in [0, 0.1) is 19.1 Å². The number of nitrogens with zero attached hydrogens (tertiary/aromatic N) is 3. The minimum Gasteiger partial charge on any atom is -0.710 e. The summed E-state index contributed by atoms with van der Waals surface area (Å²) in [4.78, 5) is 8.18. The lowest BCUT2D eigenvalue weighted by Gasteiger charge is -2.08. The second-order valence-electron chi connectivity index (χ2n) is 3.40. The fourth-order valence-corrected chi connectivity index (χ4v) is 1.45. The summed E-state index contributed by atoms with van der Waals surface area (Å²) in [6.07, 6.45) is 3.30. The molecule has 0 atom stereocenters. The monoisotopic (exact) mass is 201 g/mol. The summed E-state index contributed by atoms with van der Waals surface area (Å²) in [5.41, 5.74) is 2.21. The van der Waals surface area contributed by atoms with E-state index in [9.17, 15) is 5.21 Å². The van der Waals surface area contributed by atoms with Crippen molar-refractivity contribution in [3.63, 3.8) is 0 Å². The van der Waals surface area contributed by atoms with Crippen LogP contribution < -0.4 is 4.73 Å². The van der Waals surface area contributed by atoms with Crippen LogP contribution in [0.15, 0.2) is 30.6 Å². The summed E-state index contributed by atoms with van der Waals surface area (Å²) >= 11 is 0. The Labute approximate surface area is 87.8 Å². The highest BCUT2D eigenvalue weighted by molar-refractivity contribution is 5.50. The Morgan fingerprint density at radius 2 is 2.13 bits per heavy atom. The first-order valence-electron chi connectivity index (χ1n) is 4.66. The third kappa shape index (κ3) is 1.79. The SMILES string of the molecule is Cc1cc(C)[n+]([O-])c(-c2cccnc2)n1. The molecule has 0 unspecified atom stereocenters. The average Bonchev–Trinajstić information content (AvgIpc) is 2.24. The number of hydrogen-bond acceptors (Lipinski definition) is 3. The zero-order valence-corrected chi connectivity index (χ0v) is 8.64. The zero-order valence-electron chi connectivity index (χ0n) is 8.64. The molecule has 0 spiro atoms. The van der Waals surface area contributed by atoms with E-state index >= 15 is 0 Å². The second kappa shape index (κ2) is 3.65. The van der Waals surface area contributed by atoms with Crippen molar-refractivity contribution in [1.82, 2.24) is 9.97 Å². The highest BCUT2D eigenvalue weighted by Crippen LogP contribution is 2.11. The minimum atomic E-state index is 0.403. The van der Waals surface area contributed by atoms with Crippen LogP contribution in [0.5, 0.6) is 0 Å². The molecule has 76 valence electrons. The largest absolute Gasteiger partial charge is 0.710 e. The third-order valence-corrected chi connectivity index (χ3v) is 2.13. The first-order valence-corrected chi connectivity index (χ1v) is 4.66. The number of pyridine rings is 1. The Morgan fingerprint density at radius 3 is 2.80 bits per heavy atom. The molecule has 15 heavy (non-hydrogen) atoms. The van der Waals surface area contributed by atoms with Crippen LogP contribution in [0.25, 0.3) is 11.4 Å². The van der Waals surface area contributed by atoms with Gasteiger partial charge in [-0.1, -0.05) is 0 Å². The molecule has 4 heteroatoms. The standard InChI is InChI=1S/C11H11N3O/c1-8-6-9(2)14(15)11(13-8)10-4-3-5-12-7-10/h3-7H,1-2H3. The van der Waals surface area contributed by atoms with Crippen LogP contribution in [0.4, 0.5) is 0 Å². The number of aromatic nitrogens is 3. The van der Waals surface area contributed by atoms with Gasteiger partial charge >= 0.3 is 5.82 Å². The first-order chi connectivity index (χ1) is 7.18. The van der Waals surface area contributed by atoms with Gasteiger partial charge in [0, 0.05) is 25.4 Å². The summed E-state index contributed by atoms with van der Waals surface area (Å²) < 4.78 is 0.823. The van der Waals surface area contributed by atoms with Gasteiger partial charge in [-0.2, -0.15) is 0 Å². The molecule has 0 fully saturated rings. The van der Waals surface area contributed by atoms with Gasteiger partial charge in [-0.15, -0.1) is 0 Å². The van der Waals surface area contributed by atoms with Gasteiger partial charge in [0.25, 0.3) is 0 Å². The van der Waals surface area contributed by atoms with Crippen molar-refractivity contribution in [2.45, 2.75) is 13.8 Å². The molecule has 0 bridgehead atoms. The van der Waals surface area contributed by atoms with Crippen molar-refractivity contribution >= 4 is 0 Å². The molecule has 0 aliphatic rings. The van der Waals surface area contributed by atoms with E-state index in [4.69, 9.17) is 0 Å². The maximum Gasteiger partial charge on any atom is 0.335 e. The van der Waals surface area contributed by atoms with Gasteiger partial charge in [0.2, 0.25) is 0 Å². The smallest absolute Gasteiger partial charge is 0.335 e. The maximum absolute atomic E-state index is 11.7. The summed E-state index contributed by atoms with van der Waals surface area (Å²) in [6.45, 7) is 3.63. The molecule has 2 heterocycles. The van der Waals surface area contributed by atoms with Gasteiger partial charge in [-0.05, 0) is 24.0 Å². The Kier molecular flexibility index (Phi) is 2.33. The van der Waals surface area contributed by atoms with E-state index in [1.165, 1.54) is 0 Å². The first kappa shape index (κ1) is 9.58. The number of aryl methyl sites for hydroxylation is 2. The molecule has 0 aliphatic carbocycles. The van der Waals surface area contributed by atoms with Crippen molar-refractivity contribution in [3.05, 3.63) is 47.2 Å². The summed E-state index contributed by atoms with van der Waals surface area (Å²) in [5, 5.41) is 11.7. The van der Waals surface area contributed by atoms with Crippen LogP contribution in [0.2, 0.25) is 0 Å². The highest BCUT2D eigenvalue weighted by Gasteiger charge is 2.13. The minimum absolute atomic E-state index is 0.403. The molecule has 4 nitrogen and oxygen atoms in total. The van der Waals surface area contributed by atoms with Gasteiger partial charge in [-0.25, -0.2) is 4.73 Å².